The van der Waals surface area contributed by atoms with Crippen LogP contribution in [0.5, 0.6) is 5.75 Å². The van der Waals surface area contributed by atoms with Crippen LogP contribution in [0.2, 0.25) is 25.7 Å². The molecule has 4 rings (SSSR count). The normalized spacial score (nSPS) is 22.1. The average molecular weight is 636 g/mol. The van der Waals surface area contributed by atoms with E-state index in [0.717, 1.165) is 22.9 Å². The molecule has 0 radical (unpaired) electrons. The minimum Gasteiger partial charge on any atom is -0.492 e. The Morgan fingerprint density at radius 1 is 1.09 bits per heavy atom. The van der Waals surface area contributed by atoms with Gasteiger partial charge in [-0.15, -0.1) is 0 Å². The monoisotopic (exact) mass is 635 g/mol. The molecule has 1 aliphatic rings. The van der Waals surface area contributed by atoms with Crippen LogP contribution in [0.3, 0.4) is 0 Å². The van der Waals surface area contributed by atoms with Gasteiger partial charge in [0.2, 0.25) is 0 Å². The van der Waals surface area contributed by atoms with Crippen LogP contribution in [0.25, 0.3) is 11.0 Å². The summed E-state index contributed by atoms with van der Waals surface area (Å²) in [5.74, 6) is -0.0578. The first-order valence-corrected chi connectivity index (χ1v) is 17.9. The summed E-state index contributed by atoms with van der Waals surface area (Å²) in [5.41, 5.74) is -3.71. The Morgan fingerprint density at radius 3 is 2.40 bits per heavy atom. The summed E-state index contributed by atoms with van der Waals surface area (Å²) in [6.07, 6.45) is -8.02. The van der Waals surface area contributed by atoms with Crippen LogP contribution in [-0.4, -0.2) is 57.8 Å². The summed E-state index contributed by atoms with van der Waals surface area (Å²) in [6, 6.07) is 2.78. The molecule has 1 saturated heterocycles. The number of aromatic nitrogens is 4. The molecular formula is C28H39F6N5O3Si. The highest BCUT2D eigenvalue weighted by Gasteiger charge is 2.44. The molecule has 240 valence electrons. The van der Waals surface area contributed by atoms with Crippen molar-refractivity contribution in [2.24, 2.45) is 0 Å². The van der Waals surface area contributed by atoms with Crippen molar-refractivity contribution in [1.82, 2.24) is 24.6 Å². The van der Waals surface area contributed by atoms with E-state index in [4.69, 9.17) is 9.47 Å². The maximum atomic E-state index is 14.0. The zero-order chi connectivity index (χ0) is 32.0. The molecule has 0 amide bonds. The minimum atomic E-state index is -4.73. The Balaban J connectivity index is 1.57. The Labute approximate surface area is 247 Å². The van der Waals surface area contributed by atoms with Gasteiger partial charge < -0.3 is 24.5 Å². The fourth-order valence-corrected chi connectivity index (χ4v) is 6.18. The summed E-state index contributed by atoms with van der Waals surface area (Å²) in [7, 11) is -1.44. The number of hydrogen-bond donors (Lipinski definition) is 2. The minimum absolute atomic E-state index is 0.0359. The topological polar surface area (TPSA) is 86.4 Å². The second kappa shape index (κ2) is 12.0. The van der Waals surface area contributed by atoms with Gasteiger partial charge in [0.1, 0.15) is 24.7 Å². The standard InChI is InChI=1S/C28H39F6N5O3Si/c1-17(2)38-15-35-22-10-20(9-21(25(22)38)27(29,30)31)42-14-19-13-26(40,12-18(3)36-19)24-11-23(28(32,33)34)37-39(24)16-41-7-8-43(4,5)6/h9-11,15,17-19,36,40H,7-8,12-14,16H2,1-6H3/t18-,19-,26?/m0/s1. The number of aliphatic hydroxyl groups is 1. The lowest BCUT2D eigenvalue weighted by Crippen LogP contribution is -2.53. The third kappa shape index (κ3) is 7.91. The van der Waals surface area contributed by atoms with E-state index in [9.17, 15) is 31.4 Å². The van der Waals surface area contributed by atoms with Crippen LogP contribution in [0.15, 0.2) is 24.5 Å². The van der Waals surface area contributed by atoms with E-state index in [2.05, 4.69) is 35.0 Å². The number of rotatable bonds is 10. The number of fused-ring (bicyclic) bond motifs is 1. The van der Waals surface area contributed by atoms with Gasteiger partial charge in [-0.3, -0.25) is 0 Å². The Kier molecular flexibility index (Phi) is 9.32. The van der Waals surface area contributed by atoms with Crippen molar-refractivity contribution < 1.29 is 40.9 Å². The average Bonchev–Trinajstić information content (AvgIpc) is 3.48. The number of nitrogens with zero attached hydrogens (tertiary/aromatic N) is 4. The van der Waals surface area contributed by atoms with Gasteiger partial charge in [-0.2, -0.15) is 31.4 Å². The molecule has 3 aromatic rings. The van der Waals surface area contributed by atoms with E-state index in [0.29, 0.717) is 6.61 Å². The molecule has 0 spiro atoms. The van der Waals surface area contributed by atoms with Gasteiger partial charge in [0.25, 0.3) is 0 Å². The van der Waals surface area contributed by atoms with E-state index in [1.54, 1.807) is 20.8 Å². The van der Waals surface area contributed by atoms with Crippen molar-refractivity contribution in [2.45, 2.75) is 102 Å². The molecular weight excluding hydrogens is 596 g/mol. The van der Waals surface area contributed by atoms with Gasteiger partial charge in [-0.1, -0.05) is 19.6 Å². The number of benzene rings is 1. The molecule has 0 saturated carbocycles. The molecule has 2 N–H and O–H groups in total. The third-order valence-corrected chi connectivity index (χ3v) is 9.17. The van der Waals surface area contributed by atoms with Crippen molar-refractivity contribution in [3.05, 3.63) is 41.5 Å². The molecule has 43 heavy (non-hydrogen) atoms. The highest BCUT2D eigenvalue weighted by Crippen LogP contribution is 2.40. The summed E-state index contributed by atoms with van der Waals surface area (Å²) < 4.78 is 96.9. The first kappa shape index (κ1) is 33.3. The van der Waals surface area contributed by atoms with Gasteiger partial charge in [0, 0.05) is 45.3 Å². The van der Waals surface area contributed by atoms with Crippen molar-refractivity contribution in [2.75, 3.05) is 13.2 Å². The maximum Gasteiger partial charge on any atom is 0.435 e. The second-order valence-corrected chi connectivity index (χ2v) is 18.5. The Bertz CT molecular complexity index is 1410. The van der Waals surface area contributed by atoms with Gasteiger partial charge in [-0.05, 0) is 45.4 Å². The van der Waals surface area contributed by atoms with E-state index in [-0.39, 0.29) is 60.7 Å². The molecule has 3 heterocycles. The summed E-state index contributed by atoms with van der Waals surface area (Å²) >= 11 is 0. The first-order chi connectivity index (χ1) is 19.8. The number of nitrogens with one attached hydrogen (secondary N) is 1. The zero-order valence-electron chi connectivity index (χ0n) is 25.1. The summed E-state index contributed by atoms with van der Waals surface area (Å²) in [5, 5.41) is 18.7. The van der Waals surface area contributed by atoms with Crippen LogP contribution in [0.4, 0.5) is 26.3 Å². The smallest absolute Gasteiger partial charge is 0.435 e. The fourth-order valence-electron chi connectivity index (χ4n) is 5.42. The molecule has 1 aromatic carbocycles. The number of hydrogen-bond acceptors (Lipinski definition) is 6. The van der Waals surface area contributed by atoms with Crippen LogP contribution < -0.4 is 10.1 Å². The molecule has 8 nitrogen and oxygen atoms in total. The molecule has 1 fully saturated rings. The van der Waals surface area contributed by atoms with Crippen molar-refractivity contribution >= 4 is 19.1 Å². The van der Waals surface area contributed by atoms with Gasteiger partial charge in [0.05, 0.1) is 28.6 Å². The Morgan fingerprint density at radius 2 is 1.79 bits per heavy atom. The van der Waals surface area contributed by atoms with Crippen LogP contribution >= 0.6 is 0 Å². The maximum absolute atomic E-state index is 14.0. The lowest BCUT2D eigenvalue weighted by atomic mass is 9.81. The Hall–Kier alpha value is -2.62. The zero-order valence-corrected chi connectivity index (χ0v) is 26.1. The number of alkyl halides is 6. The highest BCUT2D eigenvalue weighted by atomic mass is 28.3. The lowest BCUT2D eigenvalue weighted by molar-refractivity contribution is -0.141. The summed E-state index contributed by atoms with van der Waals surface area (Å²) in [6.45, 7) is 11.7. The molecule has 3 atom stereocenters. The van der Waals surface area contributed by atoms with Crippen LogP contribution in [0.1, 0.15) is 56.6 Å². The molecule has 2 aromatic heterocycles. The number of piperidine rings is 1. The molecule has 1 unspecified atom stereocenters. The largest absolute Gasteiger partial charge is 0.492 e. The first-order valence-electron chi connectivity index (χ1n) is 14.2. The van der Waals surface area contributed by atoms with Gasteiger partial charge in [-0.25, -0.2) is 9.67 Å². The van der Waals surface area contributed by atoms with Crippen LogP contribution in [0, 0.1) is 0 Å². The predicted molar refractivity (Wildman–Crippen MR) is 151 cm³/mol. The van der Waals surface area contributed by atoms with E-state index in [1.165, 1.54) is 17.0 Å². The van der Waals surface area contributed by atoms with Crippen molar-refractivity contribution in [3.8, 4) is 5.75 Å². The number of imidazole rings is 1. The van der Waals surface area contributed by atoms with Crippen molar-refractivity contribution in [3.63, 3.8) is 0 Å². The van der Waals surface area contributed by atoms with Gasteiger partial charge in [0.15, 0.2) is 5.69 Å². The quantitative estimate of drug-likeness (QED) is 0.149. The van der Waals surface area contributed by atoms with Crippen LogP contribution in [-0.2, 0) is 29.4 Å². The molecule has 1 aliphatic heterocycles. The van der Waals surface area contributed by atoms with Crippen molar-refractivity contribution in [1.29, 1.82) is 0 Å². The highest BCUT2D eigenvalue weighted by molar-refractivity contribution is 6.76. The molecule has 15 heteroatoms. The second-order valence-electron chi connectivity index (χ2n) is 12.9. The molecule has 0 aliphatic carbocycles. The SMILES string of the molecule is CC(C)n1cnc2cc(OC[C@@H]3CC(O)(c4cc(C(F)(F)F)nn4COCC[Si](C)(C)C)C[C@H](C)N3)cc(C(F)(F)F)c21. The summed E-state index contributed by atoms with van der Waals surface area (Å²) in [4.78, 5) is 4.14. The van der Waals surface area contributed by atoms with E-state index >= 15 is 0 Å². The van der Waals surface area contributed by atoms with E-state index in [1.807, 2.05) is 0 Å². The number of halogens is 6. The number of ether oxygens (including phenoxy) is 2. The fraction of sp³-hybridized carbons (Fsp3) is 0.643. The lowest BCUT2D eigenvalue weighted by Gasteiger charge is -2.41. The predicted octanol–water partition coefficient (Wildman–Crippen LogP) is 6.57. The van der Waals surface area contributed by atoms with Gasteiger partial charge >= 0.3 is 12.4 Å². The third-order valence-electron chi connectivity index (χ3n) is 7.46. The van der Waals surface area contributed by atoms with E-state index < -0.39 is 43.3 Å². The molecule has 0 bridgehead atoms.